The van der Waals surface area contributed by atoms with Crippen molar-refractivity contribution in [3.63, 3.8) is 0 Å². The van der Waals surface area contributed by atoms with E-state index < -0.39 is 40.9 Å². The summed E-state index contributed by atoms with van der Waals surface area (Å²) in [5.74, 6) is -2.14. The maximum absolute atomic E-state index is 13.3. The largest absolute Gasteiger partial charge is 0.462 e. The second kappa shape index (κ2) is 27.0. The maximum Gasteiger partial charge on any atom is 0.336 e. The zero-order valence-corrected chi connectivity index (χ0v) is 29.9. The minimum atomic E-state index is -0.668. The summed E-state index contributed by atoms with van der Waals surface area (Å²) in [4.78, 5) is 96.8. The van der Waals surface area contributed by atoms with Crippen LogP contribution >= 0.6 is 0 Å². The van der Waals surface area contributed by atoms with E-state index in [1.807, 2.05) is 0 Å². The Kier molecular flexibility index (Phi) is 23.5. The van der Waals surface area contributed by atoms with Gasteiger partial charge in [-0.3, -0.25) is 14.4 Å². The first-order valence-electron chi connectivity index (χ1n) is 17.6. The molecule has 0 unspecified atom stereocenters. The highest BCUT2D eigenvalue weighted by Gasteiger charge is 2.15. The van der Waals surface area contributed by atoms with Crippen LogP contribution in [0.2, 0.25) is 0 Å². The Hall–Kier alpha value is -4.76. The van der Waals surface area contributed by atoms with E-state index in [2.05, 4.69) is 18.5 Å². The van der Waals surface area contributed by atoms with Gasteiger partial charge >= 0.3 is 40.9 Å². The fourth-order valence-corrected chi connectivity index (χ4v) is 4.91. The van der Waals surface area contributed by atoms with E-state index in [0.29, 0.717) is 64.3 Å². The number of esters is 4. The maximum atomic E-state index is 13.3. The summed E-state index contributed by atoms with van der Waals surface area (Å²) in [6, 6.07) is 0. The number of aromatic nitrogens is 3. The average Bonchev–Trinajstić information content (AvgIpc) is 3.10. The Morgan fingerprint density at radius 1 is 0.529 bits per heavy atom. The van der Waals surface area contributed by atoms with Gasteiger partial charge in [0.1, 0.15) is 26.4 Å². The van der Waals surface area contributed by atoms with Gasteiger partial charge in [0.15, 0.2) is 0 Å². The number of unbranched alkanes of at least 4 members (excludes halogenated alkanes) is 9. The Balaban J connectivity index is 2.70. The number of rotatable bonds is 29. The molecule has 0 saturated carbocycles. The lowest BCUT2D eigenvalue weighted by Gasteiger charge is -2.14. The Morgan fingerprint density at radius 3 is 1.22 bits per heavy atom. The van der Waals surface area contributed by atoms with E-state index >= 15 is 0 Å². The molecule has 1 N–H and O–H groups in total. The number of carbonyl (C=O) groups is 5. The Labute approximate surface area is 297 Å². The zero-order chi connectivity index (χ0) is 37.9. The van der Waals surface area contributed by atoms with Crippen LogP contribution in [0.15, 0.2) is 39.7 Å². The number of amides is 1. The summed E-state index contributed by atoms with van der Waals surface area (Å²) in [6.45, 7) is 8.73. The van der Waals surface area contributed by atoms with Gasteiger partial charge in [-0.1, -0.05) is 51.7 Å². The normalized spacial score (nSPS) is 10.6. The van der Waals surface area contributed by atoms with Crippen molar-refractivity contribution >= 4 is 29.8 Å². The van der Waals surface area contributed by atoms with Gasteiger partial charge in [0.25, 0.3) is 0 Å². The second-order valence-electron chi connectivity index (χ2n) is 11.7. The number of nitrogens with zero attached hydrogens (tertiary/aromatic N) is 3. The molecule has 0 atom stereocenters. The van der Waals surface area contributed by atoms with Crippen molar-refractivity contribution in [2.75, 3.05) is 33.0 Å². The molecule has 1 rings (SSSR count). The van der Waals surface area contributed by atoms with Gasteiger partial charge in [0, 0.05) is 58.1 Å². The molecule has 16 nitrogen and oxygen atoms in total. The summed E-state index contributed by atoms with van der Waals surface area (Å²) in [5, 5.41) is 2.73. The van der Waals surface area contributed by atoms with Crippen LogP contribution in [0.1, 0.15) is 96.8 Å². The van der Waals surface area contributed by atoms with Crippen LogP contribution in [-0.2, 0) is 62.6 Å². The fourth-order valence-electron chi connectivity index (χ4n) is 4.91. The van der Waals surface area contributed by atoms with Gasteiger partial charge in [-0.25, -0.2) is 37.7 Å². The topological polar surface area (TPSA) is 200 Å². The van der Waals surface area contributed by atoms with Crippen LogP contribution in [-0.4, -0.2) is 76.5 Å². The van der Waals surface area contributed by atoms with Crippen molar-refractivity contribution in [3.8, 4) is 0 Å². The molecule has 0 bridgehead atoms. The molecule has 0 aliphatic rings. The number of hydrogen-bond donors (Lipinski definition) is 1. The van der Waals surface area contributed by atoms with Crippen molar-refractivity contribution in [1.82, 2.24) is 19.0 Å². The van der Waals surface area contributed by atoms with E-state index in [4.69, 9.17) is 18.9 Å². The molecule has 0 radical (unpaired) electrons. The van der Waals surface area contributed by atoms with Gasteiger partial charge in [-0.15, -0.1) is 0 Å². The van der Waals surface area contributed by atoms with Crippen molar-refractivity contribution < 1.29 is 42.9 Å². The van der Waals surface area contributed by atoms with Crippen LogP contribution in [0, 0.1) is 0 Å². The van der Waals surface area contributed by atoms with Crippen LogP contribution in [0.4, 0.5) is 0 Å². The summed E-state index contributed by atoms with van der Waals surface area (Å²) < 4.78 is 22.8. The third-order valence-electron chi connectivity index (χ3n) is 7.61. The smallest absolute Gasteiger partial charge is 0.336 e. The number of nitrogens with one attached hydrogen (secondary N) is 1. The summed E-state index contributed by atoms with van der Waals surface area (Å²) >= 11 is 0. The third kappa shape index (κ3) is 19.9. The van der Waals surface area contributed by atoms with Crippen LogP contribution in [0.25, 0.3) is 0 Å². The monoisotopic (exact) mass is 722 g/mol. The molecule has 1 aromatic rings. The highest BCUT2D eigenvalue weighted by molar-refractivity contribution is 5.81. The standard InChI is InChI=1S/C35H54N4O12/c1-4-29(41)48-24-26-50-31(43)18-12-6-9-15-21-37-33(45)38(22-16-10-7-13-19-32(44)51-27-25-49-30(42)5-2)35(47)39(34(37)46)23-17-11-8-14-20-36-28(3)40/h4-5H,1-2,6-27H2,3H3,(H,36,40). The molecule has 0 fully saturated rings. The van der Waals surface area contributed by atoms with Crippen LogP contribution in [0.3, 0.4) is 0 Å². The molecule has 1 heterocycles. The van der Waals surface area contributed by atoms with Crippen molar-refractivity contribution in [2.24, 2.45) is 0 Å². The van der Waals surface area contributed by atoms with E-state index in [1.165, 1.54) is 6.92 Å². The van der Waals surface area contributed by atoms with Gasteiger partial charge in [0.2, 0.25) is 5.91 Å². The quantitative estimate of drug-likeness (QED) is 0.0549. The van der Waals surface area contributed by atoms with Crippen LogP contribution in [0.5, 0.6) is 0 Å². The molecule has 16 heteroatoms. The molecular formula is C35H54N4O12. The lowest BCUT2D eigenvalue weighted by atomic mass is 10.1. The lowest BCUT2D eigenvalue weighted by Crippen LogP contribution is -2.54. The summed E-state index contributed by atoms with van der Waals surface area (Å²) in [7, 11) is 0. The van der Waals surface area contributed by atoms with Crippen molar-refractivity contribution in [3.05, 3.63) is 56.8 Å². The second-order valence-corrected chi connectivity index (χ2v) is 11.7. The molecule has 0 aliphatic heterocycles. The number of hydrogen-bond acceptors (Lipinski definition) is 12. The van der Waals surface area contributed by atoms with Gasteiger partial charge in [0.05, 0.1) is 0 Å². The van der Waals surface area contributed by atoms with E-state index in [0.717, 1.165) is 45.1 Å². The van der Waals surface area contributed by atoms with Crippen molar-refractivity contribution in [2.45, 2.75) is 116 Å². The highest BCUT2D eigenvalue weighted by atomic mass is 16.6. The van der Waals surface area contributed by atoms with E-state index in [1.54, 1.807) is 0 Å². The van der Waals surface area contributed by atoms with Gasteiger partial charge in [-0.05, 0) is 38.5 Å². The zero-order valence-electron chi connectivity index (χ0n) is 29.9. The van der Waals surface area contributed by atoms with Crippen LogP contribution < -0.4 is 22.4 Å². The molecular weight excluding hydrogens is 668 g/mol. The first-order chi connectivity index (χ1) is 24.5. The third-order valence-corrected chi connectivity index (χ3v) is 7.61. The molecule has 51 heavy (non-hydrogen) atoms. The minimum Gasteiger partial charge on any atom is -0.462 e. The number of ether oxygens (including phenoxy) is 4. The minimum absolute atomic E-state index is 0.0486. The molecule has 286 valence electrons. The predicted octanol–water partition coefficient (Wildman–Crippen LogP) is 2.31. The Morgan fingerprint density at radius 2 is 0.863 bits per heavy atom. The fraction of sp³-hybridized carbons (Fsp3) is 0.657. The lowest BCUT2D eigenvalue weighted by molar-refractivity contribution is -0.149. The molecule has 1 aromatic heterocycles. The molecule has 0 aromatic carbocycles. The van der Waals surface area contributed by atoms with E-state index in [-0.39, 0.29) is 64.8 Å². The number of carbonyl (C=O) groups excluding carboxylic acids is 5. The Bertz CT molecular complexity index is 1370. The predicted molar refractivity (Wildman–Crippen MR) is 187 cm³/mol. The molecule has 0 spiro atoms. The van der Waals surface area contributed by atoms with Crippen molar-refractivity contribution in [1.29, 1.82) is 0 Å². The summed E-state index contributed by atoms with van der Waals surface area (Å²) in [6.07, 6.45) is 9.83. The SMILES string of the molecule is C=CC(=O)OCCOC(=O)CCCCCCn1c(=O)n(CCCCCCNC(C)=O)c(=O)n(CCCCCCC(=O)OCCOC(=O)C=C)c1=O. The first kappa shape index (κ1) is 44.3. The summed E-state index contributed by atoms with van der Waals surface area (Å²) in [5.41, 5.74) is -1.98. The van der Waals surface area contributed by atoms with E-state index in [9.17, 15) is 38.4 Å². The van der Waals surface area contributed by atoms with Gasteiger partial charge < -0.3 is 24.3 Å². The van der Waals surface area contributed by atoms with Gasteiger partial charge in [-0.2, -0.15) is 0 Å². The molecule has 0 saturated heterocycles. The average molecular weight is 723 g/mol. The first-order valence-corrected chi connectivity index (χ1v) is 17.6. The molecule has 0 aliphatic carbocycles. The molecule has 1 amide bonds. The highest BCUT2D eigenvalue weighted by Crippen LogP contribution is 2.07.